The molecule has 13 heteroatoms. The second-order valence-corrected chi connectivity index (χ2v) is 13.5. The Balaban J connectivity index is 1.72. The summed E-state index contributed by atoms with van der Waals surface area (Å²) in [7, 11) is 0. The molecule has 0 saturated carbocycles. The topological polar surface area (TPSA) is 114 Å². The number of thioether (sulfide) groups is 1. The standard InChI is InChI=1S/C23H28Cl3N3O6S/c1-12-10-14(20(32)34-11-23(24,25)26)29-18(31)16(19(29)36-12)27-17(30)15(13-8-6-5-7-9-13)28-21(33)35-22(2,3)4/h5-6,9-10,12,15-16,19H,7-8,11H2,1-4H3,(H,27,30)(H,28,33)/t12?,15?,16?,19-/m1/s1. The van der Waals surface area contributed by atoms with Crippen LogP contribution >= 0.6 is 46.6 Å². The average Bonchev–Trinajstić information content (AvgIpc) is 2.77. The molecule has 3 unspecified atom stereocenters. The van der Waals surface area contributed by atoms with E-state index in [1.165, 1.54) is 16.7 Å². The molecule has 0 aromatic rings. The summed E-state index contributed by atoms with van der Waals surface area (Å²) < 4.78 is 8.57. The number of esters is 1. The summed E-state index contributed by atoms with van der Waals surface area (Å²) in [6.07, 6.45) is 7.64. The fourth-order valence-electron chi connectivity index (χ4n) is 3.78. The molecule has 1 aliphatic carbocycles. The first-order chi connectivity index (χ1) is 16.7. The molecule has 3 aliphatic rings. The maximum Gasteiger partial charge on any atom is 0.408 e. The molecule has 0 spiro atoms. The van der Waals surface area contributed by atoms with Crippen molar-refractivity contribution >= 4 is 70.4 Å². The van der Waals surface area contributed by atoms with E-state index in [2.05, 4.69) is 10.6 Å². The number of ether oxygens (including phenoxy) is 2. The second-order valence-electron chi connectivity index (χ2n) is 9.44. The molecule has 2 heterocycles. The molecule has 0 aromatic heterocycles. The Hall–Kier alpha value is -1.88. The van der Waals surface area contributed by atoms with Crippen molar-refractivity contribution in [1.82, 2.24) is 15.5 Å². The number of hydrogen-bond donors (Lipinski definition) is 2. The summed E-state index contributed by atoms with van der Waals surface area (Å²) >= 11 is 18.4. The fraction of sp³-hybridized carbons (Fsp3) is 0.565. The monoisotopic (exact) mass is 579 g/mol. The van der Waals surface area contributed by atoms with Crippen LogP contribution in [-0.4, -0.2) is 67.5 Å². The van der Waals surface area contributed by atoms with E-state index in [9.17, 15) is 19.2 Å². The lowest BCUT2D eigenvalue weighted by molar-refractivity contribution is -0.152. The number of carbonyl (C=O) groups excluding carboxylic acids is 4. The quantitative estimate of drug-likeness (QED) is 0.213. The fourth-order valence-corrected chi connectivity index (χ4v) is 5.28. The van der Waals surface area contributed by atoms with Gasteiger partial charge in [-0.15, -0.1) is 11.8 Å². The molecule has 1 fully saturated rings. The van der Waals surface area contributed by atoms with Crippen molar-refractivity contribution in [3.63, 3.8) is 0 Å². The van der Waals surface area contributed by atoms with Crippen LogP contribution in [0.15, 0.2) is 35.6 Å². The van der Waals surface area contributed by atoms with Gasteiger partial charge in [-0.2, -0.15) is 0 Å². The molecule has 3 rings (SSSR count). The minimum absolute atomic E-state index is 0.0274. The molecular formula is C23H28Cl3N3O6S. The van der Waals surface area contributed by atoms with Crippen LogP contribution in [0.5, 0.6) is 0 Å². The van der Waals surface area contributed by atoms with E-state index in [1.54, 1.807) is 26.8 Å². The highest BCUT2D eigenvalue weighted by Crippen LogP contribution is 2.41. The normalized spacial score (nSPS) is 24.5. The number of hydrogen-bond acceptors (Lipinski definition) is 7. The van der Waals surface area contributed by atoms with Gasteiger partial charge in [0.15, 0.2) is 0 Å². The third kappa shape index (κ3) is 7.34. The van der Waals surface area contributed by atoms with E-state index in [1.807, 2.05) is 25.2 Å². The first-order valence-corrected chi connectivity index (χ1v) is 13.3. The Labute approximate surface area is 228 Å². The first kappa shape index (κ1) is 28.7. The lowest BCUT2D eigenvalue weighted by Gasteiger charge is -2.50. The van der Waals surface area contributed by atoms with E-state index >= 15 is 0 Å². The van der Waals surface area contributed by atoms with Gasteiger partial charge >= 0.3 is 12.1 Å². The maximum absolute atomic E-state index is 13.3. The Bertz CT molecular complexity index is 1020. The number of allylic oxidation sites excluding steroid dienone is 3. The average molecular weight is 581 g/mol. The zero-order valence-electron chi connectivity index (χ0n) is 20.2. The summed E-state index contributed by atoms with van der Waals surface area (Å²) in [6.45, 7) is 6.52. The molecule has 0 bridgehead atoms. The van der Waals surface area contributed by atoms with Crippen molar-refractivity contribution in [2.45, 2.75) is 72.6 Å². The van der Waals surface area contributed by atoms with Gasteiger partial charge < -0.3 is 20.1 Å². The van der Waals surface area contributed by atoms with Gasteiger partial charge in [0.25, 0.3) is 5.91 Å². The van der Waals surface area contributed by atoms with Crippen LogP contribution in [0.3, 0.4) is 0 Å². The predicted octanol–water partition coefficient (Wildman–Crippen LogP) is 3.74. The van der Waals surface area contributed by atoms with Crippen LogP contribution in [0.1, 0.15) is 40.5 Å². The number of alkyl carbamates (subject to hydrolysis) is 1. The van der Waals surface area contributed by atoms with Gasteiger partial charge in [-0.05, 0) is 52.2 Å². The van der Waals surface area contributed by atoms with Crippen LogP contribution in [0.25, 0.3) is 0 Å². The SMILES string of the molecule is CC1C=C(C(=O)OCC(Cl)(Cl)Cl)N2C(=O)C(NC(=O)C(NC(=O)OC(C)(C)C)C3=CCC=CC3)[C@H]2S1. The molecule has 3 amide bonds. The van der Waals surface area contributed by atoms with E-state index in [0.717, 1.165) is 0 Å². The Kier molecular flexibility index (Phi) is 8.96. The molecular weight excluding hydrogens is 553 g/mol. The third-order valence-electron chi connectivity index (χ3n) is 5.25. The smallest absolute Gasteiger partial charge is 0.408 e. The number of alkyl halides is 3. The van der Waals surface area contributed by atoms with Crippen LogP contribution < -0.4 is 10.6 Å². The largest absolute Gasteiger partial charge is 0.456 e. The highest BCUT2D eigenvalue weighted by molar-refractivity contribution is 8.00. The highest BCUT2D eigenvalue weighted by atomic mass is 35.6. The Morgan fingerprint density at radius 3 is 2.50 bits per heavy atom. The van der Waals surface area contributed by atoms with E-state index < -0.39 is 57.3 Å². The van der Waals surface area contributed by atoms with Crippen molar-refractivity contribution < 1.29 is 28.7 Å². The number of nitrogens with one attached hydrogen (secondary N) is 2. The van der Waals surface area contributed by atoms with Gasteiger partial charge in [-0.3, -0.25) is 14.5 Å². The van der Waals surface area contributed by atoms with Gasteiger partial charge in [0.2, 0.25) is 9.70 Å². The summed E-state index contributed by atoms with van der Waals surface area (Å²) in [5.74, 6) is -1.85. The van der Waals surface area contributed by atoms with Crippen LogP contribution in [-0.2, 0) is 23.9 Å². The van der Waals surface area contributed by atoms with E-state index in [-0.39, 0.29) is 10.9 Å². The number of carbonyl (C=O) groups is 4. The third-order valence-corrected chi connectivity index (χ3v) is 6.91. The molecule has 0 aromatic carbocycles. The zero-order chi connectivity index (χ0) is 26.8. The van der Waals surface area contributed by atoms with Crippen molar-refractivity contribution in [2.24, 2.45) is 0 Å². The van der Waals surface area contributed by atoms with Gasteiger partial charge in [-0.1, -0.05) is 53.0 Å². The van der Waals surface area contributed by atoms with Crippen LogP contribution in [0.2, 0.25) is 0 Å². The van der Waals surface area contributed by atoms with Crippen molar-refractivity contribution in [3.05, 3.63) is 35.6 Å². The number of nitrogens with zero attached hydrogens (tertiary/aromatic N) is 1. The van der Waals surface area contributed by atoms with E-state index in [4.69, 9.17) is 44.3 Å². The lowest BCUT2D eigenvalue weighted by atomic mass is 9.96. The molecule has 2 aliphatic heterocycles. The van der Waals surface area contributed by atoms with Gasteiger partial charge in [0.05, 0.1) is 0 Å². The van der Waals surface area contributed by atoms with Gasteiger partial charge in [-0.25, -0.2) is 9.59 Å². The van der Waals surface area contributed by atoms with Gasteiger partial charge in [0, 0.05) is 5.25 Å². The van der Waals surface area contributed by atoms with Crippen LogP contribution in [0.4, 0.5) is 4.79 Å². The maximum atomic E-state index is 13.3. The first-order valence-electron chi connectivity index (χ1n) is 11.2. The summed E-state index contributed by atoms with van der Waals surface area (Å²) in [6, 6.07) is -1.93. The minimum atomic E-state index is -1.79. The number of halogens is 3. The predicted molar refractivity (Wildman–Crippen MR) is 139 cm³/mol. The Morgan fingerprint density at radius 2 is 1.92 bits per heavy atom. The van der Waals surface area contributed by atoms with Gasteiger partial charge in [0.1, 0.15) is 35.4 Å². The molecule has 1 saturated heterocycles. The number of fused-ring (bicyclic) bond motifs is 1. The molecule has 4 atom stereocenters. The lowest BCUT2D eigenvalue weighted by Crippen LogP contribution is -2.71. The summed E-state index contributed by atoms with van der Waals surface area (Å²) in [5, 5.41) is 4.66. The minimum Gasteiger partial charge on any atom is -0.456 e. The number of β-lactam (4-membered cyclic amide) rings is 1. The van der Waals surface area contributed by atoms with E-state index in [0.29, 0.717) is 18.4 Å². The number of rotatable bonds is 6. The molecule has 2 N–H and O–H groups in total. The summed E-state index contributed by atoms with van der Waals surface area (Å²) in [4.78, 5) is 52.6. The molecule has 9 nitrogen and oxygen atoms in total. The summed E-state index contributed by atoms with van der Waals surface area (Å²) in [5.41, 5.74) is -0.0387. The molecule has 198 valence electrons. The molecule has 36 heavy (non-hydrogen) atoms. The highest BCUT2D eigenvalue weighted by Gasteiger charge is 2.54. The molecule has 0 radical (unpaired) electrons. The van der Waals surface area contributed by atoms with Crippen molar-refractivity contribution in [2.75, 3.05) is 6.61 Å². The number of amides is 3. The van der Waals surface area contributed by atoms with Crippen LogP contribution in [0, 0.1) is 0 Å². The second kappa shape index (κ2) is 11.2. The zero-order valence-corrected chi connectivity index (χ0v) is 23.3. The van der Waals surface area contributed by atoms with Crippen molar-refractivity contribution in [3.8, 4) is 0 Å². The Morgan fingerprint density at radius 1 is 1.22 bits per heavy atom. The van der Waals surface area contributed by atoms with Crippen molar-refractivity contribution in [1.29, 1.82) is 0 Å².